The number of benzene rings is 1. The molecule has 8 nitrogen and oxygen atoms in total. The second-order valence-electron chi connectivity index (χ2n) is 5.46. The third-order valence-electron chi connectivity index (χ3n) is 3.94. The van der Waals surface area contributed by atoms with E-state index >= 15 is 0 Å². The molecule has 1 aromatic carbocycles. The standard InChI is InChI=1S/C15H14ClN3O5S/c16-7-10(14(22)23)19-12(21)9(13(19)25-15(7)24)18-11(20)8(17)6-4-2-1-3-5-6/h1-5,8-9,13,15,24H,17H2,(H,18,20)(H,22,23)/t8-,9-,13-,15?/m1/s1. The number of hydrogen-bond acceptors (Lipinski definition) is 6. The topological polar surface area (TPSA) is 133 Å². The summed E-state index contributed by atoms with van der Waals surface area (Å²) < 4.78 is 0. The van der Waals surface area contributed by atoms with E-state index in [2.05, 4.69) is 5.32 Å². The second kappa shape index (κ2) is 6.68. The molecule has 1 aromatic rings. The number of nitrogens with one attached hydrogen (secondary N) is 1. The Hall–Kier alpha value is -2.07. The van der Waals surface area contributed by atoms with E-state index in [4.69, 9.17) is 17.3 Å². The maximum absolute atomic E-state index is 12.3. The van der Waals surface area contributed by atoms with E-state index < -0.39 is 46.4 Å². The molecule has 0 aromatic heterocycles. The van der Waals surface area contributed by atoms with Crippen LogP contribution >= 0.6 is 23.4 Å². The van der Waals surface area contributed by atoms with Crippen molar-refractivity contribution >= 4 is 41.1 Å². The number of carbonyl (C=O) groups is 3. The number of rotatable bonds is 4. The molecule has 0 saturated carbocycles. The first-order chi connectivity index (χ1) is 11.8. The highest BCUT2D eigenvalue weighted by Gasteiger charge is 2.56. The first-order valence-electron chi connectivity index (χ1n) is 7.23. The number of carboxylic acid groups (broad SMARTS) is 1. The molecular formula is C15H14ClN3O5S. The second-order valence-corrected chi connectivity index (χ2v) is 7.07. The van der Waals surface area contributed by atoms with Gasteiger partial charge in [0.25, 0.3) is 5.91 Å². The largest absolute Gasteiger partial charge is 0.477 e. The number of fused-ring (bicyclic) bond motifs is 1. The van der Waals surface area contributed by atoms with Crippen LogP contribution in [-0.2, 0) is 14.4 Å². The number of carboxylic acids is 1. The van der Waals surface area contributed by atoms with Crippen LogP contribution < -0.4 is 11.1 Å². The molecule has 10 heteroatoms. The van der Waals surface area contributed by atoms with E-state index in [0.717, 1.165) is 16.7 Å². The van der Waals surface area contributed by atoms with Gasteiger partial charge in [-0.15, -0.1) is 0 Å². The molecule has 0 bridgehead atoms. The Balaban J connectivity index is 1.75. The van der Waals surface area contributed by atoms with Crippen LogP contribution in [0.15, 0.2) is 41.1 Å². The SMILES string of the molecule is N[C@@H](C(=O)N[C@@H]1C(=O)N2C(C(=O)O)=C(Cl)C(O)S[C@H]12)c1ccccc1. The van der Waals surface area contributed by atoms with Gasteiger partial charge in [-0.1, -0.05) is 53.7 Å². The van der Waals surface area contributed by atoms with Gasteiger partial charge in [0.05, 0.1) is 5.03 Å². The van der Waals surface area contributed by atoms with Crippen molar-refractivity contribution in [3.05, 3.63) is 46.6 Å². The van der Waals surface area contributed by atoms with Crippen LogP contribution in [0.3, 0.4) is 0 Å². The fourth-order valence-corrected chi connectivity index (χ4v) is 4.15. The smallest absolute Gasteiger partial charge is 0.354 e. The molecule has 0 radical (unpaired) electrons. The molecular weight excluding hydrogens is 370 g/mol. The number of aliphatic carboxylic acids is 1. The van der Waals surface area contributed by atoms with E-state index in [1.165, 1.54) is 0 Å². The maximum Gasteiger partial charge on any atom is 0.354 e. The van der Waals surface area contributed by atoms with E-state index in [0.29, 0.717) is 5.56 Å². The first-order valence-corrected chi connectivity index (χ1v) is 8.55. The molecule has 25 heavy (non-hydrogen) atoms. The highest BCUT2D eigenvalue weighted by Crippen LogP contribution is 2.44. The zero-order chi connectivity index (χ0) is 18.3. The first kappa shape index (κ1) is 17.7. The Labute approximate surface area is 151 Å². The third-order valence-corrected chi connectivity index (χ3v) is 5.71. The summed E-state index contributed by atoms with van der Waals surface area (Å²) in [6, 6.07) is 6.66. The maximum atomic E-state index is 12.3. The fourth-order valence-electron chi connectivity index (χ4n) is 2.66. The van der Waals surface area contributed by atoms with Crippen molar-refractivity contribution in [1.82, 2.24) is 10.2 Å². The summed E-state index contributed by atoms with van der Waals surface area (Å²) >= 11 is 6.68. The van der Waals surface area contributed by atoms with Crippen LogP contribution in [0.1, 0.15) is 11.6 Å². The lowest BCUT2D eigenvalue weighted by Gasteiger charge is -2.49. The summed E-state index contributed by atoms with van der Waals surface area (Å²) in [7, 11) is 0. The normalized spacial score (nSPS) is 26.6. The van der Waals surface area contributed by atoms with Gasteiger partial charge in [-0.25, -0.2) is 4.79 Å². The number of nitrogens with zero attached hydrogens (tertiary/aromatic N) is 1. The minimum Gasteiger partial charge on any atom is -0.477 e. The Morgan fingerprint density at radius 1 is 1.32 bits per heavy atom. The lowest BCUT2D eigenvalue weighted by Crippen LogP contribution is -2.71. The summed E-state index contributed by atoms with van der Waals surface area (Å²) in [5, 5.41) is 20.5. The minimum atomic E-state index is -1.42. The van der Waals surface area contributed by atoms with Gasteiger partial charge in [0.1, 0.15) is 28.6 Å². The van der Waals surface area contributed by atoms with Crippen molar-refractivity contribution in [2.75, 3.05) is 0 Å². The van der Waals surface area contributed by atoms with E-state index in [1.54, 1.807) is 30.3 Å². The number of carbonyl (C=O) groups excluding carboxylic acids is 2. The van der Waals surface area contributed by atoms with Crippen molar-refractivity contribution < 1.29 is 24.6 Å². The van der Waals surface area contributed by atoms with Gasteiger partial charge in [-0.2, -0.15) is 0 Å². The molecule has 2 heterocycles. The predicted octanol–water partition coefficient (Wildman–Crippen LogP) is -0.0603. The van der Waals surface area contributed by atoms with Crippen LogP contribution in [-0.4, -0.2) is 49.7 Å². The monoisotopic (exact) mass is 383 g/mol. The zero-order valence-corrected chi connectivity index (χ0v) is 14.2. The number of β-lactam (4-membered cyclic amide) rings is 1. The molecule has 132 valence electrons. The fraction of sp³-hybridized carbons (Fsp3) is 0.267. The summed E-state index contributed by atoms with van der Waals surface area (Å²) in [6.07, 6.45) is 0. The molecule has 0 spiro atoms. The Bertz CT molecular complexity index is 772. The quantitative estimate of drug-likeness (QED) is 0.535. The highest BCUT2D eigenvalue weighted by molar-refractivity contribution is 8.00. The summed E-state index contributed by atoms with van der Waals surface area (Å²) in [5.74, 6) is -2.61. The lowest BCUT2D eigenvalue weighted by molar-refractivity contribution is -0.151. The number of thioether (sulfide) groups is 1. The Kier molecular flexibility index (Phi) is 4.74. The van der Waals surface area contributed by atoms with Crippen molar-refractivity contribution in [1.29, 1.82) is 0 Å². The molecule has 5 N–H and O–H groups in total. The van der Waals surface area contributed by atoms with Gasteiger partial charge in [-0.05, 0) is 5.56 Å². The molecule has 1 saturated heterocycles. The molecule has 3 rings (SSSR count). The molecule has 1 unspecified atom stereocenters. The number of nitrogens with two attached hydrogens (primary N) is 1. The van der Waals surface area contributed by atoms with Crippen molar-refractivity contribution in [3.63, 3.8) is 0 Å². The molecule has 2 amide bonds. The number of aliphatic hydroxyl groups is 1. The van der Waals surface area contributed by atoms with Crippen LogP contribution in [0.4, 0.5) is 0 Å². The van der Waals surface area contributed by atoms with Gasteiger partial charge >= 0.3 is 5.97 Å². The van der Waals surface area contributed by atoms with Gasteiger partial charge in [0, 0.05) is 0 Å². The van der Waals surface area contributed by atoms with Crippen LogP contribution in [0.25, 0.3) is 0 Å². The van der Waals surface area contributed by atoms with Gasteiger partial charge < -0.3 is 21.3 Å². The van der Waals surface area contributed by atoms with Crippen LogP contribution in [0.5, 0.6) is 0 Å². The molecule has 1 fully saturated rings. The molecule has 2 aliphatic heterocycles. The number of halogens is 1. The van der Waals surface area contributed by atoms with Gasteiger partial charge in [0.15, 0.2) is 0 Å². The number of amides is 2. The molecule has 0 aliphatic carbocycles. The van der Waals surface area contributed by atoms with Crippen molar-refractivity contribution in [2.24, 2.45) is 5.73 Å². The van der Waals surface area contributed by atoms with Crippen LogP contribution in [0.2, 0.25) is 0 Å². The van der Waals surface area contributed by atoms with E-state index in [9.17, 15) is 24.6 Å². The van der Waals surface area contributed by atoms with Gasteiger partial charge in [0.2, 0.25) is 5.91 Å². The average Bonchev–Trinajstić information content (AvgIpc) is 2.61. The Morgan fingerprint density at radius 2 is 1.96 bits per heavy atom. The average molecular weight is 384 g/mol. The number of aliphatic hydroxyl groups excluding tert-OH is 1. The molecule has 2 aliphatic rings. The van der Waals surface area contributed by atoms with E-state index in [1.807, 2.05) is 0 Å². The van der Waals surface area contributed by atoms with E-state index in [-0.39, 0.29) is 5.03 Å². The molecule has 4 atom stereocenters. The summed E-state index contributed by atoms with van der Waals surface area (Å²) in [6.45, 7) is 0. The van der Waals surface area contributed by atoms with Crippen molar-refractivity contribution in [3.8, 4) is 0 Å². The Morgan fingerprint density at radius 3 is 2.56 bits per heavy atom. The lowest BCUT2D eigenvalue weighted by atomic mass is 10.0. The minimum absolute atomic E-state index is 0.326. The zero-order valence-electron chi connectivity index (χ0n) is 12.6. The van der Waals surface area contributed by atoms with Crippen LogP contribution in [0, 0.1) is 0 Å². The predicted molar refractivity (Wildman–Crippen MR) is 90.0 cm³/mol. The van der Waals surface area contributed by atoms with Crippen molar-refractivity contribution in [2.45, 2.75) is 22.9 Å². The number of hydrogen-bond donors (Lipinski definition) is 4. The highest BCUT2D eigenvalue weighted by atomic mass is 35.5. The van der Waals surface area contributed by atoms with Gasteiger partial charge in [-0.3, -0.25) is 14.5 Å². The summed E-state index contributed by atoms with van der Waals surface area (Å²) in [5.41, 5.74) is 4.71. The third kappa shape index (κ3) is 2.99. The summed E-state index contributed by atoms with van der Waals surface area (Å²) in [4.78, 5) is 36.8.